The number of amidine groups is 1. The van der Waals surface area contributed by atoms with E-state index in [1.165, 1.54) is 0 Å². The van der Waals surface area contributed by atoms with Crippen molar-refractivity contribution in [3.8, 4) is 0 Å². The fourth-order valence-electron chi connectivity index (χ4n) is 2.26. The van der Waals surface area contributed by atoms with Gasteiger partial charge in [-0.3, -0.25) is 4.79 Å². The van der Waals surface area contributed by atoms with Gasteiger partial charge in [0.15, 0.2) is 5.84 Å². The first-order valence-corrected chi connectivity index (χ1v) is 6.58. The van der Waals surface area contributed by atoms with Crippen molar-refractivity contribution in [1.29, 1.82) is 0 Å². The normalized spacial score (nSPS) is 16.6. The van der Waals surface area contributed by atoms with Gasteiger partial charge >= 0.3 is 0 Å². The number of rotatable bonds is 3. The molecule has 0 spiro atoms. The zero-order chi connectivity index (χ0) is 13.8. The number of halogens is 1. The van der Waals surface area contributed by atoms with Gasteiger partial charge < -0.3 is 16.3 Å². The van der Waals surface area contributed by atoms with Crippen molar-refractivity contribution in [3.63, 3.8) is 0 Å². The molecule has 1 aliphatic rings. The largest absolute Gasteiger partial charge is 0.409 e. The minimum atomic E-state index is -0.0180. The summed E-state index contributed by atoms with van der Waals surface area (Å²) in [5.74, 6) is 0.0753. The van der Waals surface area contributed by atoms with Crippen LogP contribution in [0.4, 0.5) is 5.69 Å². The minimum Gasteiger partial charge on any atom is -0.409 e. The molecule has 2 rings (SSSR count). The van der Waals surface area contributed by atoms with Gasteiger partial charge in [0.05, 0.1) is 10.7 Å². The van der Waals surface area contributed by atoms with E-state index < -0.39 is 0 Å². The number of nitrogens with zero attached hydrogens (tertiary/aromatic N) is 1. The predicted octanol–water partition coefficient (Wildman–Crippen LogP) is 2.56. The first kappa shape index (κ1) is 13.7. The zero-order valence-corrected chi connectivity index (χ0v) is 11.2. The second-order valence-corrected chi connectivity index (χ2v) is 5.06. The van der Waals surface area contributed by atoms with Crippen LogP contribution in [0.2, 0.25) is 5.02 Å². The van der Waals surface area contributed by atoms with E-state index in [1.54, 1.807) is 18.2 Å². The van der Waals surface area contributed by atoms with Gasteiger partial charge in [0.25, 0.3) is 0 Å². The van der Waals surface area contributed by atoms with E-state index in [0.29, 0.717) is 16.3 Å². The fraction of sp³-hybridized carbons (Fsp3) is 0.385. The number of nitrogens with two attached hydrogens (primary N) is 1. The summed E-state index contributed by atoms with van der Waals surface area (Å²) in [6.45, 7) is 0. The Morgan fingerprint density at radius 3 is 2.68 bits per heavy atom. The molecule has 6 heteroatoms. The Morgan fingerprint density at radius 1 is 1.42 bits per heavy atom. The third-order valence-electron chi connectivity index (χ3n) is 3.36. The Bertz CT molecular complexity index is 511. The summed E-state index contributed by atoms with van der Waals surface area (Å²) in [5, 5.41) is 14.7. The molecule has 4 N–H and O–H groups in total. The standard InChI is InChI=1S/C13H16ClN3O2/c14-10-7-9(12(15)17-19)5-6-11(10)16-13(18)8-3-1-2-4-8/h5-8,19H,1-4H2,(H2,15,17)(H,16,18). The van der Waals surface area contributed by atoms with Gasteiger partial charge in [-0.05, 0) is 31.0 Å². The van der Waals surface area contributed by atoms with E-state index in [9.17, 15) is 4.79 Å². The summed E-state index contributed by atoms with van der Waals surface area (Å²) >= 11 is 6.07. The fourth-order valence-corrected chi connectivity index (χ4v) is 2.48. The van der Waals surface area contributed by atoms with Crippen LogP contribution in [-0.2, 0) is 4.79 Å². The van der Waals surface area contributed by atoms with Gasteiger partial charge in [0, 0.05) is 11.5 Å². The second kappa shape index (κ2) is 5.93. The van der Waals surface area contributed by atoms with Crippen LogP contribution in [0.3, 0.4) is 0 Å². The third kappa shape index (κ3) is 3.17. The van der Waals surface area contributed by atoms with Crippen molar-refractivity contribution in [1.82, 2.24) is 0 Å². The van der Waals surface area contributed by atoms with Crippen molar-refractivity contribution in [3.05, 3.63) is 28.8 Å². The number of amides is 1. The van der Waals surface area contributed by atoms with Crippen molar-refractivity contribution in [2.24, 2.45) is 16.8 Å². The zero-order valence-electron chi connectivity index (χ0n) is 10.4. The molecule has 1 aromatic carbocycles. The number of benzene rings is 1. The van der Waals surface area contributed by atoms with E-state index >= 15 is 0 Å². The number of oxime groups is 1. The smallest absolute Gasteiger partial charge is 0.227 e. The molecule has 1 aromatic rings. The monoisotopic (exact) mass is 281 g/mol. The van der Waals surface area contributed by atoms with Gasteiger partial charge in [-0.25, -0.2) is 0 Å². The first-order chi connectivity index (χ1) is 9.11. The summed E-state index contributed by atoms with van der Waals surface area (Å²) < 4.78 is 0. The Balaban J connectivity index is 2.10. The van der Waals surface area contributed by atoms with Crippen LogP contribution in [0, 0.1) is 5.92 Å². The van der Waals surface area contributed by atoms with E-state index in [4.69, 9.17) is 22.5 Å². The number of carbonyl (C=O) groups excluding carboxylic acids is 1. The topological polar surface area (TPSA) is 87.7 Å². The van der Waals surface area contributed by atoms with Crippen molar-refractivity contribution < 1.29 is 10.0 Å². The van der Waals surface area contributed by atoms with E-state index in [-0.39, 0.29) is 17.7 Å². The van der Waals surface area contributed by atoms with Crippen molar-refractivity contribution in [2.75, 3.05) is 5.32 Å². The average molecular weight is 282 g/mol. The van der Waals surface area contributed by atoms with E-state index in [2.05, 4.69) is 10.5 Å². The lowest BCUT2D eigenvalue weighted by molar-refractivity contribution is -0.119. The molecule has 0 heterocycles. The number of hydrogen-bond donors (Lipinski definition) is 3. The van der Waals surface area contributed by atoms with Gasteiger partial charge in [0.2, 0.25) is 5.91 Å². The van der Waals surface area contributed by atoms with Crippen LogP contribution < -0.4 is 11.1 Å². The van der Waals surface area contributed by atoms with Gasteiger partial charge in [-0.1, -0.05) is 29.6 Å². The van der Waals surface area contributed by atoms with E-state index in [1.807, 2.05) is 0 Å². The highest BCUT2D eigenvalue weighted by atomic mass is 35.5. The molecule has 1 aliphatic carbocycles. The van der Waals surface area contributed by atoms with Crippen LogP contribution >= 0.6 is 11.6 Å². The Labute approximate surface area is 116 Å². The molecule has 5 nitrogen and oxygen atoms in total. The molecule has 1 saturated carbocycles. The maximum Gasteiger partial charge on any atom is 0.227 e. The highest BCUT2D eigenvalue weighted by molar-refractivity contribution is 6.34. The molecule has 0 saturated heterocycles. The summed E-state index contributed by atoms with van der Waals surface area (Å²) in [4.78, 5) is 12.0. The van der Waals surface area contributed by atoms with Crippen molar-refractivity contribution in [2.45, 2.75) is 25.7 Å². The first-order valence-electron chi connectivity index (χ1n) is 6.20. The van der Waals surface area contributed by atoms with Crippen LogP contribution in [0.25, 0.3) is 0 Å². The lowest BCUT2D eigenvalue weighted by Crippen LogP contribution is -2.20. The molecule has 1 fully saturated rings. The molecule has 0 aliphatic heterocycles. The Morgan fingerprint density at radius 2 is 2.11 bits per heavy atom. The molecule has 1 amide bonds. The van der Waals surface area contributed by atoms with Gasteiger partial charge in [0.1, 0.15) is 0 Å². The molecule has 102 valence electrons. The molecular weight excluding hydrogens is 266 g/mol. The quantitative estimate of drug-likeness (QED) is 0.344. The Hall–Kier alpha value is -1.75. The minimum absolute atomic E-state index is 0.0101. The highest BCUT2D eigenvalue weighted by Crippen LogP contribution is 2.28. The average Bonchev–Trinajstić information content (AvgIpc) is 2.94. The predicted molar refractivity (Wildman–Crippen MR) is 74.6 cm³/mol. The summed E-state index contributed by atoms with van der Waals surface area (Å²) in [5.41, 5.74) is 6.52. The molecule has 0 unspecified atom stereocenters. The maximum absolute atomic E-state index is 12.0. The summed E-state index contributed by atoms with van der Waals surface area (Å²) in [6.07, 6.45) is 4.08. The molecule has 0 radical (unpaired) electrons. The number of anilines is 1. The van der Waals surface area contributed by atoms with Crippen LogP contribution in [-0.4, -0.2) is 17.0 Å². The summed E-state index contributed by atoms with van der Waals surface area (Å²) in [7, 11) is 0. The Kier molecular flexibility index (Phi) is 4.27. The highest BCUT2D eigenvalue weighted by Gasteiger charge is 2.23. The van der Waals surface area contributed by atoms with Crippen LogP contribution in [0.5, 0.6) is 0 Å². The molecular formula is C13H16ClN3O2. The van der Waals surface area contributed by atoms with E-state index in [0.717, 1.165) is 25.7 Å². The maximum atomic E-state index is 12.0. The summed E-state index contributed by atoms with van der Waals surface area (Å²) in [6, 6.07) is 4.86. The molecule has 19 heavy (non-hydrogen) atoms. The van der Waals surface area contributed by atoms with Crippen molar-refractivity contribution >= 4 is 29.0 Å². The molecule has 0 bridgehead atoms. The van der Waals surface area contributed by atoms with Crippen LogP contribution in [0.1, 0.15) is 31.2 Å². The number of hydrogen-bond acceptors (Lipinski definition) is 3. The van der Waals surface area contributed by atoms with Crippen LogP contribution in [0.15, 0.2) is 23.4 Å². The van der Waals surface area contributed by atoms with Gasteiger partial charge in [-0.2, -0.15) is 0 Å². The molecule has 0 atom stereocenters. The SMILES string of the molecule is N/C(=N/O)c1ccc(NC(=O)C2CCCC2)c(Cl)c1. The molecule has 0 aromatic heterocycles. The third-order valence-corrected chi connectivity index (χ3v) is 3.67. The second-order valence-electron chi connectivity index (χ2n) is 4.65. The number of carbonyl (C=O) groups is 1. The lowest BCUT2D eigenvalue weighted by atomic mass is 10.1. The van der Waals surface area contributed by atoms with Gasteiger partial charge in [-0.15, -0.1) is 0 Å². The lowest BCUT2D eigenvalue weighted by Gasteiger charge is -2.12. The number of nitrogens with one attached hydrogen (secondary N) is 1.